The van der Waals surface area contributed by atoms with Crippen molar-refractivity contribution in [2.45, 2.75) is 64.5 Å². The van der Waals surface area contributed by atoms with Crippen LogP contribution in [-0.4, -0.2) is 59.3 Å². The van der Waals surface area contributed by atoms with Gasteiger partial charge < -0.3 is 10.0 Å². The molecule has 2 aliphatic rings. The standard InChI is InChI=1S/C18H32N2O/c1-4-19(5-2)14-9-12-18(21)13-15-20(6-3)17-11-8-7-10-16(17)18/h16-17,21H,4-8,10-11,13-15H2,1-3H3/t16-,17-,18-/m0/s1. The Morgan fingerprint density at radius 2 is 1.90 bits per heavy atom. The van der Waals surface area contributed by atoms with E-state index in [9.17, 15) is 5.11 Å². The minimum absolute atomic E-state index is 0.351. The number of rotatable bonds is 4. The topological polar surface area (TPSA) is 26.7 Å². The summed E-state index contributed by atoms with van der Waals surface area (Å²) >= 11 is 0. The predicted octanol–water partition coefficient (Wildman–Crippen LogP) is 2.35. The first-order chi connectivity index (χ1) is 10.1. The molecular weight excluding hydrogens is 260 g/mol. The van der Waals surface area contributed by atoms with Gasteiger partial charge in [0.2, 0.25) is 0 Å². The number of aliphatic hydroxyl groups is 1. The highest BCUT2D eigenvalue weighted by molar-refractivity contribution is 5.20. The summed E-state index contributed by atoms with van der Waals surface area (Å²) in [5.74, 6) is 6.90. The van der Waals surface area contributed by atoms with Crippen LogP contribution in [0.4, 0.5) is 0 Å². The molecule has 2 fully saturated rings. The summed E-state index contributed by atoms with van der Waals surface area (Å²) in [5, 5.41) is 11.1. The molecule has 1 heterocycles. The smallest absolute Gasteiger partial charge is 0.131 e. The second kappa shape index (κ2) is 7.63. The average Bonchev–Trinajstić information content (AvgIpc) is 2.52. The number of nitrogens with zero attached hydrogens (tertiary/aromatic N) is 2. The number of fused-ring (bicyclic) bond motifs is 1. The molecule has 0 radical (unpaired) electrons. The maximum absolute atomic E-state index is 11.1. The van der Waals surface area contributed by atoms with Gasteiger partial charge in [-0.2, -0.15) is 0 Å². The molecule has 21 heavy (non-hydrogen) atoms. The third kappa shape index (κ3) is 3.80. The molecule has 1 saturated heterocycles. The Morgan fingerprint density at radius 3 is 2.57 bits per heavy atom. The van der Waals surface area contributed by atoms with E-state index in [-0.39, 0.29) is 0 Å². The lowest BCUT2D eigenvalue weighted by Gasteiger charge is -2.50. The highest BCUT2D eigenvalue weighted by Gasteiger charge is 2.46. The van der Waals surface area contributed by atoms with Crippen molar-refractivity contribution >= 4 is 0 Å². The van der Waals surface area contributed by atoms with Crippen molar-refractivity contribution in [1.29, 1.82) is 0 Å². The second-order valence-corrected chi connectivity index (χ2v) is 6.52. The van der Waals surface area contributed by atoms with E-state index < -0.39 is 5.60 Å². The van der Waals surface area contributed by atoms with Gasteiger partial charge in [-0.3, -0.25) is 4.90 Å². The lowest BCUT2D eigenvalue weighted by molar-refractivity contribution is -0.0765. The Balaban J connectivity index is 2.08. The van der Waals surface area contributed by atoms with Gasteiger partial charge in [-0.15, -0.1) is 0 Å². The molecule has 3 atom stereocenters. The summed E-state index contributed by atoms with van der Waals surface area (Å²) < 4.78 is 0. The largest absolute Gasteiger partial charge is 0.377 e. The van der Waals surface area contributed by atoms with E-state index in [1.54, 1.807) is 0 Å². The Hall–Kier alpha value is -0.560. The lowest BCUT2D eigenvalue weighted by atomic mass is 9.69. The first-order valence-electron chi connectivity index (χ1n) is 8.83. The van der Waals surface area contributed by atoms with Crippen molar-refractivity contribution in [3.8, 4) is 11.8 Å². The molecule has 3 heteroatoms. The average molecular weight is 292 g/mol. The van der Waals surface area contributed by atoms with E-state index in [1.807, 2.05) is 0 Å². The third-order valence-corrected chi connectivity index (χ3v) is 5.50. The van der Waals surface area contributed by atoms with Crippen LogP contribution in [0.25, 0.3) is 0 Å². The molecule has 3 nitrogen and oxygen atoms in total. The molecule has 1 saturated carbocycles. The molecule has 1 N–H and O–H groups in total. The quantitative estimate of drug-likeness (QED) is 0.806. The van der Waals surface area contributed by atoms with E-state index >= 15 is 0 Å². The molecule has 0 aromatic heterocycles. The Bertz CT molecular complexity index is 382. The Morgan fingerprint density at radius 1 is 1.19 bits per heavy atom. The monoisotopic (exact) mass is 292 g/mol. The summed E-state index contributed by atoms with van der Waals surface area (Å²) in [6, 6.07) is 0.547. The minimum atomic E-state index is -0.746. The van der Waals surface area contributed by atoms with Crippen LogP contribution < -0.4 is 0 Å². The van der Waals surface area contributed by atoms with E-state index in [2.05, 4.69) is 42.4 Å². The number of hydrogen-bond donors (Lipinski definition) is 1. The van der Waals surface area contributed by atoms with E-state index in [0.29, 0.717) is 12.0 Å². The molecule has 0 unspecified atom stereocenters. The maximum Gasteiger partial charge on any atom is 0.131 e. The highest BCUT2D eigenvalue weighted by Crippen LogP contribution is 2.41. The fourth-order valence-electron chi connectivity index (χ4n) is 4.07. The first-order valence-corrected chi connectivity index (χ1v) is 8.83. The third-order valence-electron chi connectivity index (χ3n) is 5.50. The molecule has 0 amide bonds. The lowest BCUT2D eigenvalue weighted by Crippen LogP contribution is -2.58. The summed E-state index contributed by atoms with van der Waals surface area (Å²) in [6.45, 7) is 11.5. The van der Waals surface area contributed by atoms with Gasteiger partial charge in [0.15, 0.2) is 0 Å². The van der Waals surface area contributed by atoms with E-state index in [1.165, 1.54) is 19.3 Å². The minimum Gasteiger partial charge on any atom is -0.377 e. The van der Waals surface area contributed by atoms with Crippen LogP contribution in [0.2, 0.25) is 0 Å². The molecule has 0 bridgehead atoms. The molecule has 1 aliphatic carbocycles. The zero-order valence-electron chi connectivity index (χ0n) is 14.1. The van der Waals surface area contributed by atoms with Crippen molar-refractivity contribution in [3.63, 3.8) is 0 Å². The number of hydrogen-bond acceptors (Lipinski definition) is 3. The van der Waals surface area contributed by atoms with Crippen LogP contribution >= 0.6 is 0 Å². The number of likely N-dealkylation sites (tertiary alicyclic amines) is 1. The molecule has 2 rings (SSSR count). The molecular formula is C18H32N2O. The predicted molar refractivity (Wildman–Crippen MR) is 88.1 cm³/mol. The maximum atomic E-state index is 11.1. The summed E-state index contributed by atoms with van der Waals surface area (Å²) in [4.78, 5) is 4.86. The molecule has 0 aromatic rings. The van der Waals surface area contributed by atoms with Crippen molar-refractivity contribution in [2.75, 3.05) is 32.7 Å². The zero-order valence-corrected chi connectivity index (χ0v) is 14.1. The molecule has 120 valence electrons. The summed E-state index contributed by atoms with van der Waals surface area (Å²) in [6.07, 6.45) is 5.74. The summed E-state index contributed by atoms with van der Waals surface area (Å²) in [5.41, 5.74) is -0.746. The molecule has 0 aromatic carbocycles. The normalized spacial score (nSPS) is 33.4. The molecule has 0 spiro atoms. The van der Waals surface area contributed by atoms with Gasteiger partial charge in [-0.1, -0.05) is 45.5 Å². The number of piperidine rings is 1. The van der Waals surface area contributed by atoms with Gasteiger partial charge in [0, 0.05) is 24.9 Å². The van der Waals surface area contributed by atoms with Crippen LogP contribution in [0.3, 0.4) is 0 Å². The van der Waals surface area contributed by atoms with Gasteiger partial charge in [-0.05, 0) is 32.5 Å². The van der Waals surface area contributed by atoms with Crippen LogP contribution in [0.1, 0.15) is 52.9 Å². The van der Waals surface area contributed by atoms with Crippen molar-refractivity contribution in [3.05, 3.63) is 0 Å². The van der Waals surface area contributed by atoms with E-state index in [4.69, 9.17) is 0 Å². The van der Waals surface area contributed by atoms with Crippen molar-refractivity contribution in [2.24, 2.45) is 5.92 Å². The SMILES string of the molecule is CCN(CC)CC#C[C@]1(O)CCN(CC)[C@H]2CCCC[C@@H]21. The van der Waals surface area contributed by atoms with Crippen LogP contribution in [-0.2, 0) is 0 Å². The van der Waals surface area contributed by atoms with Gasteiger partial charge >= 0.3 is 0 Å². The van der Waals surface area contributed by atoms with Crippen molar-refractivity contribution in [1.82, 2.24) is 9.80 Å². The van der Waals surface area contributed by atoms with Crippen LogP contribution in [0.15, 0.2) is 0 Å². The van der Waals surface area contributed by atoms with E-state index in [0.717, 1.165) is 45.6 Å². The van der Waals surface area contributed by atoms with Crippen LogP contribution in [0, 0.1) is 17.8 Å². The fraction of sp³-hybridized carbons (Fsp3) is 0.889. The highest BCUT2D eigenvalue weighted by atomic mass is 16.3. The second-order valence-electron chi connectivity index (χ2n) is 6.52. The molecule has 1 aliphatic heterocycles. The zero-order chi connectivity index (χ0) is 15.3. The van der Waals surface area contributed by atoms with Gasteiger partial charge in [0.25, 0.3) is 0 Å². The Labute approximate surface area is 130 Å². The fourth-order valence-corrected chi connectivity index (χ4v) is 4.07. The summed E-state index contributed by atoms with van der Waals surface area (Å²) in [7, 11) is 0. The van der Waals surface area contributed by atoms with Gasteiger partial charge in [0.05, 0.1) is 6.54 Å². The van der Waals surface area contributed by atoms with Crippen molar-refractivity contribution < 1.29 is 5.11 Å². The first kappa shape index (κ1) is 16.8. The van der Waals surface area contributed by atoms with Gasteiger partial charge in [0.1, 0.15) is 5.60 Å². The van der Waals surface area contributed by atoms with Gasteiger partial charge in [-0.25, -0.2) is 0 Å². The van der Waals surface area contributed by atoms with Crippen LogP contribution in [0.5, 0.6) is 0 Å². The Kier molecular flexibility index (Phi) is 6.10.